The first-order valence-electron chi connectivity index (χ1n) is 15.1. The van der Waals surface area contributed by atoms with Gasteiger partial charge < -0.3 is 24.0 Å². The fourth-order valence-electron chi connectivity index (χ4n) is 7.68. The minimum absolute atomic E-state index is 0.0317. The molecule has 4 fully saturated rings. The van der Waals surface area contributed by atoms with Gasteiger partial charge in [0.15, 0.2) is 29.2 Å². The van der Waals surface area contributed by atoms with Crippen LogP contribution in [-0.2, 0) is 20.7 Å². The summed E-state index contributed by atoms with van der Waals surface area (Å²) in [7, 11) is 3.74. The molecular weight excluding hydrogens is 536 g/mol. The third-order valence-corrected chi connectivity index (χ3v) is 9.97. The van der Waals surface area contributed by atoms with Crippen LogP contribution in [0.4, 0.5) is 0 Å². The lowest BCUT2D eigenvalue weighted by Gasteiger charge is -2.53. The molecular formula is C31H42N6O5. The van der Waals surface area contributed by atoms with Gasteiger partial charge in [0, 0.05) is 43.6 Å². The van der Waals surface area contributed by atoms with E-state index in [0.717, 1.165) is 31.4 Å². The molecule has 4 heterocycles. The van der Waals surface area contributed by atoms with Crippen LogP contribution in [0.5, 0.6) is 11.5 Å². The van der Waals surface area contributed by atoms with Crippen LogP contribution in [-0.4, -0.2) is 110 Å². The van der Waals surface area contributed by atoms with E-state index in [4.69, 9.17) is 14.2 Å². The molecule has 42 heavy (non-hydrogen) atoms. The van der Waals surface area contributed by atoms with E-state index in [-0.39, 0.29) is 36.2 Å². The predicted molar refractivity (Wildman–Crippen MR) is 155 cm³/mol. The molecule has 6 unspecified atom stereocenters. The van der Waals surface area contributed by atoms with Gasteiger partial charge in [0.05, 0.1) is 44.5 Å². The first kappa shape index (κ1) is 29.1. The van der Waals surface area contributed by atoms with Crippen LogP contribution in [0.25, 0.3) is 0 Å². The van der Waals surface area contributed by atoms with Gasteiger partial charge in [-0.1, -0.05) is 18.7 Å². The lowest BCUT2D eigenvalue weighted by atomic mass is 9.70. The van der Waals surface area contributed by atoms with Gasteiger partial charge in [0.2, 0.25) is 5.91 Å². The van der Waals surface area contributed by atoms with Gasteiger partial charge in [-0.3, -0.25) is 25.1 Å². The molecule has 11 heteroatoms. The number of carbonyl (C=O) groups is 2. The fourth-order valence-corrected chi connectivity index (χ4v) is 7.68. The van der Waals surface area contributed by atoms with Crippen molar-refractivity contribution in [1.29, 1.82) is 5.26 Å². The Kier molecular flexibility index (Phi) is 8.26. The average molecular weight is 579 g/mol. The van der Waals surface area contributed by atoms with Crippen molar-refractivity contribution in [1.82, 2.24) is 25.3 Å². The first-order chi connectivity index (χ1) is 20.4. The Morgan fingerprint density at radius 3 is 2.86 bits per heavy atom. The van der Waals surface area contributed by atoms with Crippen LogP contribution >= 0.6 is 0 Å². The molecule has 226 valence electrons. The Bertz CT molecular complexity index is 1250. The highest BCUT2D eigenvalue weighted by Gasteiger charge is 2.58. The van der Waals surface area contributed by atoms with Crippen molar-refractivity contribution in [3.63, 3.8) is 0 Å². The molecule has 0 aromatic heterocycles. The summed E-state index contributed by atoms with van der Waals surface area (Å²) in [5.41, 5.74) is 0.0489. The number of amides is 1. The van der Waals surface area contributed by atoms with Gasteiger partial charge in [-0.05, 0) is 51.4 Å². The zero-order valence-corrected chi connectivity index (χ0v) is 24.6. The van der Waals surface area contributed by atoms with Gasteiger partial charge in [0.25, 0.3) is 0 Å². The summed E-state index contributed by atoms with van der Waals surface area (Å²) >= 11 is 0. The Morgan fingerprint density at radius 2 is 2.12 bits per heavy atom. The largest absolute Gasteiger partial charge is 0.493 e. The maximum atomic E-state index is 14.4. The van der Waals surface area contributed by atoms with Crippen molar-refractivity contribution < 1.29 is 23.8 Å². The molecule has 1 aromatic rings. The van der Waals surface area contributed by atoms with E-state index in [1.54, 1.807) is 12.0 Å². The number of Topliss-reactive ketones (excluding diaryl/α,β-unsaturated/α-hetero) is 1. The maximum absolute atomic E-state index is 14.4. The number of nitrogens with zero attached hydrogens (tertiary/aromatic N) is 4. The average Bonchev–Trinajstić information content (AvgIpc) is 3.60. The Hall–Kier alpha value is -3.01. The molecule has 2 N–H and O–H groups in total. The van der Waals surface area contributed by atoms with Gasteiger partial charge in [-0.15, -0.1) is 0 Å². The highest BCUT2D eigenvalue weighted by Crippen LogP contribution is 2.48. The van der Waals surface area contributed by atoms with Crippen LogP contribution in [0, 0.1) is 17.2 Å². The molecule has 1 saturated carbocycles. The van der Waals surface area contributed by atoms with Crippen molar-refractivity contribution in [2.75, 3.05) is 46.9 Å². The van der Waals surface area contributed by atoms with E-state index in [1.165, 1.54) is 6.08 Å². The van der Waals surface area contributed by atoms with Crippen molar-refractivity contribution in [3.05, 3.63) is 36.4 Å². The number of piperazine rings is 1. The van der Waals surface area contributed by atoms with Gasteiger partial charge in [-0.25, -0.2) is 0 Å². The van der Waals surface area contributed by atoms with Crippen LogP contribution < -0.4 is 20.1 Å². The first-order valence-corrected chi connectivity index (χ1v) is 15.1. The van der Waals surface area contributed by atoms with E-state index in [0.29, 0.717) is 56.6 Å². The number of methoxy groups -OCH3 is 1. The van der Waals surface area contributed by atoms with Crippen molar-refractivity contribution >= 4 is 11.7 Å². The summed E-state index contributed by atoms with van der Waals surface area (Å²) in [5.74, 6) is 1.17. The van der Waals surface area contributed by atoms with E-state index >= 15 is 0 Å². The molecule has 1 amide bonds. The topological polar surface area (TPSA) is 119 Å². The standard InChI is InChI=1S/C31H42N6O5/c1-4-25(38)37-16-15-36(18-21(37)11-13-32)29-23-10-12-31(17-20-7-5-9-24(40-3)27(20)42-31)28(39)26(23)33-30(34-29)41-19-22-8-6-14-35(22)2/h4-5,7,9,21-23,26,29-30,33-34H,1,6,8,10-12,14-19H2,2-3H3/t21?,22?,23?,26?,29?,30?,31-/m1/s1. The number of ketones is 1. The van der Waals surface area contributed by atoms with Crippen LogP contribution in [0.1, 0.15) is 37.7 Å². The normalized spacial score (nSPS) is 34.9. The maximum Gasteiger partial charge on any atom is 0.246 e. The molecule has 7 atom stereocenters. The van der Waals surface area contributed by atoms with Gasteiger partial charge in [-0.2, -0.15) is 5.26 Å². The highest BCUT2D eigenvalue weighted by molar-refractivity contribution is 5.95. The lowest BCUT2D eigenvalue weighted by molar-refractivity contribution is -0.157. The smallest absolute Gasteiger partial charge is 0.246 e. The van der Waals surface area contributed by atoms with Gasteiger partial charge in [0.1, 0.15) is 0 Å². The minimum atomic E-state index is -0.943. The second-order valence-corrected chi connectivity index (χ2v) is 12.3. The summed E-state index contributed by atoms with van der Waals surface area (Å²) in [5, 5.41) is 16.7. The van der Waals surface area contributed by atoms with Crippen molar-refractivity contribution in [3.8, 4) is 17.6 Å². The monoisotopic (exact) mass is 578 g/mol. The third kappa shape index (κ3) is 5.20. The quantitative estimate of drug-likeness (QED) is 0.458. The number of hydrogen-bond donors (Lipinski definition) is 2. The van der Waals surface area contributed by atoms with Crippen LogP contribution in [0.3, 0.4) is 0 Å². The molecule has 0 radical (unpaired) electrons. The van der Waals surface area contributed by atoms with Crippen LogP contribution in [0.2, 0.25) is 0 Å². The molecule has 11 nitrogen and oxygen atoms in total. The zero-order chi connectivity index (χ0) is 29.4. The molecule has 1 spiro atoms. The molecule has 5 aliphatic rings. The van der Waals surface area contributed by atoms with E-state index in [2.05, 4.69) is 40.1 Å². The highest BCUT2D eigenvalue weighted by atomic mass is 16.5. The van der Waals surface area contributed by atoms with Gasteiger partial charge >= 0.3 is 0 Å². The zero-order valence-electron chi connectivity index (χ0n) is 24.6. The Balaban J connectivity index is 1.25. The number of rotatable bonds is 7. The van der Waals surface area contributed by atoms with Crippen molar-refractivity contribution in [2.24, 2.45) is 5.92 Å². The minimum Gasteiger partial charge on any atom is -0.493 e. The molecule has 4 aliphatic heterocycles. The number of likely N-dealkylation sites (tertiary alicyclic amines) is 1. The summed E-state index contributed by atoms with van der Waals surface area (Å²) in [4.78, 5) is 33.3. The number of carbonyl (C=O) groups excluding carboxylic acids is 2. The van der Waals surface area contributed by atoms with Crippen molar-refractivity contribution in [2.45, 2.75) is 74.8 Å². The number of nitriles is 1. The van der Waals surface area contributed by atoms with E-state index < -0.39 is 18.0 Å². The second kappa shape index (κ2) is 11.9. The third-order valence-electron chi connectivity index (χ3n) is 9.97. The summed E-state index contributed by atoms with van der Waals surface area (Å²) in [6.07, 6.45) is 4.99. The molecule has 1 aliphatic carbocycles. The summed E-state index contributed by atoms with van der Waals surface area (Å²) in [6.45, 7) is 6.91. The predicted octanol–water partition coefficient (Wildman–Crippen LogP) is 1.24. The lowest BCUT2D eigenvalue weighted by Crippen LogP contribution is -2.75. The number of ether oxygens (including phenoxy) is 3. The molecule has 0 bridgehead atoms. The van der Waals surface area contributed by atoms with Crippen LogP contribution in [0.15, 0.2) is 30.9 Å². The molecule has 6 rings (SSSR count). The number of likely N-dealkylation sites (N-methyl/N-ethyl adjacent to an activating group) is 1. The molecule has 3 saturated heterocycles. The summed E-state index contributed by atoms with van der Waals surface area (Å²) in [6, 6.07) is 7.68. The number of hydrogen-bond acceptors (Lipinski definition) is 10. The fraction of sp³-hybridized carbons (Fsp3) is 0.645. The summed E-state index contributed by atoms with van der Waals surface area (Å²) < 4.78 is 18.5. The van der Waals surface area contributed by atoms with E-state index in [1.807, 2.05) is 18.2 Å². The number of fused-ring (bicyclic) bond motifs is 2. The second-order valence-electron chi connectivity index (χ2n) is 12.3. The number of para-hydroxylation sites is 1. The number of benzene rings is 1. The Labute approximate surface area is 247 Å². The SMILES string of the molecule is C=CC(=O)N1CCN(C2NC(OCC3CCCN3C)NC3C(=O)[C@@]4(CCC32)Cc2cccc(OC)c2O4)CC1CC#N. The number of nitrogens with one attached hydrogen (secondary N) is 2. The van der Waals surface area contributed by atoms with E-state index in [9.17, 15) is 14.9 Å². The Morgan fingerprint density at radius 1 is 1.26 bits per heavy atom. The molecule has 1 aromatic carbocycles.